The van der Waals surface area contributed by atoms with Crippen molar-refractivity contribution in [3.05, 3.63) is 251 Å². The van der Waals surface area contributed by atoms with Crippen LogP contribution in [-0.4, -0.2) is 229 Å². The Labute approximate surface area is 721 Å². The molecule has 0 radical (unpaired) electrons. The summed E-state index contributed by atoms with van der Waals surface area (Å²) in [4.78, 5) is 213. The second kappa shape index (κ2) is 39.5. The van der Waals surface area contributed by atoms with Crippen molar-refractivity contribution >= 4 is 84.1 Å². The molecule has 0 saturated carbocycles. The van der Waals surface area contributed by atoms with Gasteiger partial charge in [0.1, 0.15) is 85.7 Å². The minimum atomic E-state index is -1.60. The Hall–Kier alpha value is -13.3. The van der Waals surface area contributed by atoms with Crippen LogP contribution >= 0.6 is 0 Å². The largest absolute Gasteiger partial charge is 0.459 e. The van der Waals surface area contributed by atoms with Crippen LogP contribution in [0.4, 0.5) is 33.6 Å². The molecular weight excluding hydrogens is 1610 g/mol. The molecule has 6 N–H and O–H groups in total. The van der Waals surface area contributed by atoms with Gasteiger partial charge in [0.15, 0.2) is 6.04 Å². The Morgan fingerprint density at radius 3 is 0.736 bits per heavy atom. The van der Waals surface area contributed by atoms with E-state index >= 15 is 28.8 Å². The number of nitrogens with one attached hydrogen (secondary N) is 6. The van der Waals surface area contributed by atoms with Crippen LogP contribution in [0.2, 0.25) is 0 Å². The van der Waals surface area contributed by atoms with E-state index in [0.29, 0.717) is 43.8 Å². The number of carbonyl (C=O) groups is 14. The van der Waals surface area contributed by atoms with Crippen LogP contribution in [0.1, 0.15) is 101 Å². The van der Waals surface area contributed by atoms with E-state index in [9.17, 15) is 38.4 Å². The van der Waals surface area contributed by atoms with E-state index in [4.69, 9.17) is 37.9 Å². The molecule has 7 aromatic carbocycles. The minimum Gasteiger partial charge on any atom is -0.459 e. The summed E-state index contributed by atoms with van der Waals surface area (Å²) >= 11 is 0. The Morgan fingerprint density at radius 1 is 0.296 bits per heavy atom. The Kier molecular flexibility index (Phi) is 28.3. The molecule has 125 heavy (non-hydrogen) atoms. The van der Waals surface area contributed by atoms with Gasteiger partial charge in [0.05, 0.1) is 30.2 Å². The standard InChI is InChI=1S/C91H100N12O22/c1-52-71(83(110)118-51-64-43-29-16-30-44-64)98(85(112)119-52)77(104)65(45-58-31-17-10-18-32-58)92-72-53(2)120-86(113)99(72)78(105)66(46-59-33-19-11-20-34-59)93-73-54(3)121-87(114)100(73)79(106)67(47-60-35-21-12-22-36-60)94-74-55(4)122-88(115)101(74)80(107)68(48-61-37-23-13-24-38-61)95-75-56(5)123-89(116)102(75)81(108)69(49-62-39-25-14-26-40-62)96-76-57(6)124-90(117)103(76)82(109)70(50-63-41-27-15-28-42-63)97-84(111)125-91(7,8)9/h10-44,52-57,65-76,92-96H,45-51H2,1-9H3,(H,97,111)/t52-,53-,54-,55-,56-,57-,65-,66-,67-,68-,69-,70-,71+,72+,73+,74+,75+,76+/m0/s1. The first kappa shape index (κ1) is 89.5. The van der Waals surface area contributed by atoms with E-state index < -0.39 is 199 Å². The Morgan fingerprint density at radius 2 is 0.496 bits per heavy atom. The molecule has 0 spiro atoms. The van der Waals surface area contributed by atoms with Gasteiger partial charge in [0, 0.05) is 6.42 Å². The fourth-order valence-electron chi connectivity index (χ4n) is 16.0. The van der Waals surface area contributed by atoms with Gasteiger partial charge in [-0.2, -0.15) is 0 Å². The predicted molar refractivity (Wildman–Crippen MR) is 444 cm³/mol. The first-order chi connectivity index (χ1) is 59.9. The number of ether oxygens (including phenoxy) is 8. The number of hydrogen-bond donors (Lipinski definition) is 6. The summed E-state index contributed by atoms with van der Waals surface area (Å²) in [6, 6.07) is 49.4. The molecule has 0 aliphatic carbocycles. The Balaban J connectivity index is 0.784. The van der Waals surface area contributed by atoms with E-state index in [2.05, 4.69) is 31.9 Å². The smallest absolute Gasteiger partial charge is 0.418 e. The zero-order valence-electron chi connectivity index (χ0n) is 70.2. The topological polar surface area (TPSA) is 404 Å². The molecule has 7 aromatic rings. The van der Waals surface area contributed by atoms with Crippen molar-refractivity contribution in [2.24, 2.45) is 0 Å². The molecular formula is C91H100N12O22. The van der Waals surface area contributed by atoms with Gasteiger partial charge < -0.3 is 43.2 Å². The number of esters is 1. The quantitative estimate of drug-likeness (QED) is 0.0171. The molecule has 6 fully saturated rings. The van der Waals surface area contributed by atoms with Gasteiger partial charge in [-0.3, -0.25) is 55.4 Å². The predicted octanol–water partition coefficient (Wildman–Crippen LogP) is 8.07. The SMILES string of the molecule is C[C@@H]1OC(=O)N(C(=O)[C@H](Cc2ccccc2)NC(=O)OC(C)(C)C)[C@H]1N[C@@H](Cc1ccccc1)C(=O)N1C(=O)O[C@@H](C)[C@@H]1N[C@@H](Cc1ccccc1)C(=O)N1C(=O)O[C@@H](C)[C@@H]1N[C@@H](Cc1ccccc1)C(=O)N1C(=O)O[C@@H](C)[C@@H]1N[C@@H](Cc1ccccc1)C(=O)N1C(=O)O[C@@H](C)[C@@H]1N[C@@H](Cc1ccccc1)C(=O)N1C(=O)O[C@@H](C)[C@@H]1C(=O)OCc1ccccc1. The van der Waals surface area contributed by atoms with Crippen LogP contribution in [0, 0.1) is 0 Å². The van der Waals surface area contributed by atoms with E-state index in [0.717, 1.165) is 24.5 Å². The van der Waals surface area contributed by atoms with Crippen LogP contribution < -0.4 is 31.9 Å². The van der Waals surface area contributed by atoms with Crippen molar-refractivity contribution < 1.29 is 105 Å². The maximum Gasteiger partial charge on any atom is 0.418 e. The van der Waals surface area contributed by atoms with Crippen LogP contribution in [0.3, 0.4) is 0 Å². The first-order valence-corrected chi connectivity index (χ1v) is 41.3. The fourth-order valence-corrected chi connectivity index (χ4v) is 16.0. The molecule has 0 unspecified atom stereocenters. The van der Waals surface area contributed by atoms with Gasteiger partial charge in [-0.15, -0.1) is 0 Å². The third-order valence-corrected chi connectivity index (χ3v) is 22.2. The number of amides is 13. The summed E-state index contributed by atoms with van der Waals surface area (Å²) in [6.45, 7) is 13.5. The molecule has 34 heteroatoms. The maximum atomic E-state index is 16.1. The summed E-state index contributed by atoms with van der Waals surface area (Å²) in [5.41, 5.74) is 2.88. The molecule has 0 aromatic heterocycles. The highest BCUT2D eigenvalue weighted by Gasteiger charge is 2.57. The number of nitrogens with zero attached hydrogens (tertiary/aromatic N) is 6. The summed E-state index contributed by atoms with van der Waals surface area (Å²) in [7, 11) is 0. The van der Waals surface area contributed by atoms with Gasteiger partial charge in [-0.25, -0.2) is 67.8 Å². The molecule has 6 saturated heterocycles. The normalized spacial score (nSPS) is 23.8. The van der Waals surface area contributed by atoms with Gasteiger partial charge in [-0.05, 0) is 133 Å². The zero-order valence-corrected chi connectivity index (χ0v) is 70.2. The van der Waals surface area contributed by atoms with Crippen molar-refractivity contribution in [2.75, 3.05) is 0 Å². The van der Waals surface area contributed by atoms with Crippen molar-refractivity contribution in [3.8, 4) is 0 Å². The van der Waals surface area contributed by atoms with Gasteiger partial charge in [0.25, 0.3) is 29.5 Å². The summed E-state index contributed by atoms with van der Waals surface area (Å²) < 4.78 is 45.8. The third kappa shape index (κ3) is 21.2. The summed E-state index contributed by atoms with van der Waals surface area (Å²) in [5.74, 6) is -6.84. The highest BCUT2D eigenvalue weighted by molar-refractivity contribution is 6.03. The minimum absolute atomic E-state index is 0.117. The molecule has 34 nitrogen and oxygen atoms in total. The van der Waals surface area contributed by atoms with E-state index in [1.807, 2.05) is 0 Å². The molecule has 656 valence electrons. The van der Waals surface area contributed by atoms with Crippen molar-refractivity contribution in [3.63, 3.8) is 0 Å². The molecule has 6 aliphatic rings. The highest BCUT2D eigenvalue weighted by Crippen LogP contribution is 2.32. The van der Waals surface area contributed by atoms with Crippen LogP contribution in [0.15, 0.2) is 212 Å². The van der Waals surface area contributed by atoms with Crippen molar-refractivity contribution in [1.82, 2.24) is 61.3 Å². The lowest BCUT2D eigenvalue weighted by molar-refractivity contribution is -0.154. The van der Waals surface area contributed by atoms with Gasteiger partial charge in [0.2, 0.25) is 5.91 Å². The number of alkyl carbamates (subject to hydrolysis) is 1. The number of cyclic esters (lactones) is 6. The lowest BCUT2D eigenvalue weighted by Gasteiger charge is -2.35. The molecule has 0 bridgehead atoms. The van der Waals surface area contributed by atoms with Crippen molar-refractivity contribution in [2.45, 2.75) is 223 Å². The monoisotopic (exact) mass is 1710 g/mol. The summed E-state index contributed by atoms with van der Waals surface area (Å²) in [5, 5.41) is 18.5. The van der Waals surface area contributed by atoms with E-state index in [1.165, 1.54) is 41.5 Å². The molecule has 6 aliphatic heterocycles. The second-order valence-electron chi connectivity index (χ2n) is 32.5. The molecule has 18 atom stereocenters. The van der Waals surface area contributed by atoms with Gasteiger partial charge in [-0.1, -0.05) is 212 Å². The first-order valence-electron chi connectivity index (χ1n) is 41.3. The zero-order chi connectivity index (χ0) is 89.1. The maximum absolute atomic E-state index is 16.1. The highest BCUT2D eigenvalue weighted by atomic mass is 16.6. The number of rotatable bonds is 32. The molecule has 13 rings (SSSR count). The average molecular weight is 1710 g/mol. The summed E-state index contributed by atoms with van der Waals surface area (Å²) in [6.07, 6.45) is -24.1. The fraction of sp³-hybridized carbons (Fsp3) is 0.385. The van der Waals surface area contributed by atoms with Crippen LogP contribution in [0.5, 0.6) is 0 Å². The number of hydrogen-bond acceptors (Lipinski definition) is 27. The van der Waals surface area contributed by atoms with Crippen LogP contribution in [0.25, 0.3) is 0 Å². The molecule has 6 heterocycles. The third-order valence-electron chi connectivity index (χ3n) is 22.2. The number of imide groups is 6. The number of benzene rings is 7. The lowest BCUT2D eigenvalue weighted by atomic mass is 10.0. The van der Waals surface area contributed by atoms with Crippen LogP contribution in [-0.2, 0) is 117 Å². The van der Waals surface area contributed by atoms with E-state index in [-0.39, 0.29) is 45.1 Å². The lowest BCUT2D eigenvalue weighted by Crippen LogP contribution is -2.66. The second-order valence-corrected chi connectivity index (χ2v) is 32.5. The van der Waals surface area contributed by atoms with Crippen molar-refractivity contribution in [1.29, 1.82) is 0 Å². The van der Waals surface area contributed by atoms with Gasteiger partial charge >= 0.3 is 48.6 Å². The average Bonchev–Trinajstić information content (AvgIpc) is 1.64. The van der Waals surface area contributed by atoms with E-state index in [1.54, 1.807) is 233 Å². The molecule has 13 amide bonds. The number of carbonyl (C=O) groups excluding carboxylic acids is 14. The Bertz CT molecular complexity index is 5090.